The molecule has 4 saturated carbocycles. The van der Waals surface area contributed by atoms with Gasteiger partial charge in [-0.15, -0.1) is 0 Å². The molecule has 0 aliphatic heterocycles. The molecule has 5 rings (SSSR count). The van der Waals surface area contributed by atoms with Crippen LogP contribution in [-0.4, -0.2) is 23.4 Å². The van der Waals surface area contributed by atoms with Crippen LogP contribution in [0.2, 0.25) is 0 Å². The molecule has 146 valence electrons. The van der Waals surface area contributed by atoms with Gasteiger partial charge in [-0.1, -0.05) is 32.0 Å². The first kappa shape index (κ1) is 18.5. The zero-order valence-electron chi connectivity index (χ0n) is 16.8. The molecule has 2 N–H and O–H groups in total. The second-order valence-electron chi connectivity index (χ2n) is 9.70. The van der Waals surface area contributed by atoms with Crippen molar-refractivity contribution in [1.82, 2.24) is 10.6 Å². The molecular weight excluding hydrogens is 336 g/mol. The lowest BCUT2D eigenvalue weighted by Crippen LogP contribution is -2.63. The largest absolute Gasteiger partial charge is 0.349 e. The van der Waals surface area contributed by atoms with Crippen molar-refractivity contribution in [2.45, 2.75) is 70.9 Å². The molecule has 1 unspecified atom stereocenters. The summed E-state index contributed by atoms with van der Waals surface area (Å²) in [5.74, 6) is 2.25. The van der Waals surface area contributed by atoms with Gasteiger partial charge in [-0.2, -0.15) is 0 Å². The number of carbonyl (C=O) groups excluding carboxylic acids is 2. The maximum atomic E-state index is 13.2. The van der Waals surface area contributed by atoms with E-state index in [4.69, 9.17) is 0 Å². The Morgan fingerprint density at radius 1 is 1.00 bits per heavy atom. The fourth-order valence-electron chi connectivity index (χ4n) is 6.18. The minimum Gasteiger partial charge on any atom is -0.349 e. The lowest BCUT2D eigenvalue weighted by molar-refractivity contribution is -0.129. The van der Waals surface area contributed by atoms with Crippen LogP contribution < -0.4 is 10.6 Å². The molecule has 0 spiro atoms. The van der Waals surface area contributed by atoms with Crippen LogP contribution >= 0.6 is 0 Å². The molecule has 1 aromatic carbocycles. The Balaban J connectivity index is 1.47. The standard InChI is InChI=1S/C23H32N2O2/c1-14(2)20(24-21(26)19-7-5-4-6-15(19)3)22(27)25-23-11-16-8-17(12-23)10-18(9-16)13-23/h4-7,14,16-18,20H,8-13H2,1-3H3,(H,24,26)(H,25,27). The number of hydrogen-bond acceptors (Lipinski definition) is 2. The summed E-state index contributed by atoms with van der Waals surface area (Å²) in [6.07, 6.45) is 7.44. The van der Waals surface area contributed by atoms with Gasteiger partial charge in [0.1, 0.15) is 6.04 Å². The van der Waals surface area contributed by atoms with E-state index in [0.29, 0.717) is 5.56 Å². The molecule has 4 fully saturated rings. The second-order valence-corrected chi connectivity index (χ2v) is 9.70. The number of rotatable bonds is 5. The summed E-state index contributed by atoms with van der Waals surface area (Å²) < 4.78 is 0. The van der Waals surface area contributed by atoms with Gasteiger partial charge in [-0.3, -0.25) is 9.59 Å². The van der Waals surface area contributed by atoms with E-state index in [1.165, 1.54) is 19.3 Å². The van der Waals surface area contributed by atoms with Crippen molar-refractivity contribution in [3.8, 4) is 0 Å². The van der Waals surface area contributed by atoms with Gasteiger partial charge in [0.15, 0.2) is 0 Å². The van der Waals surface area contributed by atoms with E-state index in [1.54, 1.807) is 0 Å². The first-order chi connectivity index (χ1) is 12.8. The maximum Gasteiger partial charge on any atom is 0.252 e. The monoisotopic (exact) mass is 368 g/mol. The van der Waals surface area contributed by atoms with E-state index in [0.717, 1.165) is 42.6 Å². The van der Waals surface area contributed by atoms with Gasteiger partial charge in [0, 0.05) is 11.1 Å². The van der Waals surface area contributed by atoms with Crippen molar-refractivity contribution in [1.29, 1.82) is 0 Å². The molecule has 0 heterocycles. The van der Waals surface area contributed by atoms with Gasteiger partial charge >= 0.3 is 0 Å². The second kappa shape index (κ2) is 6.96. The van der Waals surface area contributed by atoms with Gasteiger partial charge in [0.25, 0.3) is 5.91 Å². The highest BCUT2D eigenvalue weighted by Crippen LogP contribution is 2.55. The molecule has 1 aromatic rings. The Morgan fingerprint density at radius 2 is 1.56 bits per heavy atom. The average molecular weight is 369 g/mol. The van der Waals surface area contributed by atoms with Gasteiger partial charge in [-0.05, 0) is 80.8 Å². The Labute approximate surface area is 162 Å². The third-order valence-electron chi connectivity index (χ3n) is 7.05. The highest BCUT2D eigenvalue weighted by atomic mass is 16.2. The summed E-state index contributed by atoms with van der Waals surface area (Å²) >= 11 is 0. The summed E-state index contributed by atoms with van der Waals surface area (Å²) in [6, 6.07) is 7.03. The van der Waals surface area contributed by atoms with Crippen molar-refractivity contribution < 1.29 is 9.59 Å². The SMILES string of the molecule is Cc1ccccc1C(=O)NC(C(=O)NC12CC3CC(CC(C3)C1)C2)C(C)C. The number of nitrogens with one attached hydrogen (secondary N) is 2. The van der Waals surface area contributed by atoms with E-state index in [9.17, 15) is 9.59 Å². The molecule has 4 bridgehead atoms. The van der Waals surface area contributed by atoms with Crippen LogP contribution in [0.4, 0.5) is 0 Å². The van der Waals surface area contributed by atoms with Crippen molar-refractivity contribution in [2.75, 3.05) is 0 Å². The van der Waals surface area contributed by atoms with Gasteiger partial charge in [0.2, 0.25) is 5.91 Å². The third-order valence-corrected chi connectivity index (χ3v) is 7.05. The molecule has 0 aromatic heterocycles. The number of carbonyl (C=O) groups is 2. The molecule has 2 amide bonds. The Kier molecular flexibility index (Phi) is 4.77. The summed E-state index contributed by atoms with van der Waals surface area (Å²) in [6.45, 7) is 5.93. The van der Waals surface area contributed by atoms with Crippen LogP contribution in [-0.2, 0) is 4.79 Å². The molecule has 27 heavy (non-hydrogen) atoms. The fourth-order valence-corrected chi connectivity index (χ4v) is 6.18. The van der Waals surface area contributed by atoms with Crippen LogP contribution in [0.25, 0.3) is 0 Å². The summed E-state index contributed by atoms with van der Waals surface area (Å²) in [5, 5.41) is 6.43. The molecule has 0 radical (unpaired) electrons. The molecule has 4 aliphatic carbocycles. The minimum atomic E-state index is -0.495. The number of hydrogen-bond donors (Lipinski definition) is 2. The van der Waals surface area contributed by atoms with Crippen molar-refractivity contribution in [3.63, 3.8) is 0 Å². The molecule has 4 aliphatic rings. The predicted molar refractivity (Wildman–Crippen MR) is 106 cm³/mol. The van der Waals surface area contributed by atoms with E-state index in [2.05, 4.69) is 10.6 Å². The number of benzene rings is 1. The highest BCUT2D eigenvalue weighted by Gasteiger charge is 2.52. The van der Waals surface area contributed by atoms with Crippen molar-refractivity contribution in [3.05, 3.63) is 35.4 Å². The summed E-state index contributed by atoms with van der Waals surface area (Å²) in [5.41, 5.74) is 1.55. The van der Waals surface area contributed by atoms with Crippen LogP contribution in [0.15, 0.2) is 24.3 Å². The quantitative estimate of drug-likeness (QED) is 0.830. The normalized spacial score (nSPS) is 32.4. The van der Waals surface area contributed by atoms with Crippen LogP contribution in [0.3, 0.4) is 0 Å². The number of amides is 2. The zero-order chi connectivity index (χ0) is 19.2. The first-order valence-corrected chi connectivity index (χ1v) is 10.5. The summed E-state index contributed by atoms with van der Waals surface area (Å²) in [7, 11) is 0. The van der Waals surface area contributed by atoms with E-state index < -0.39 is 6.04 Å². The van der Waals surface area contributed by atoms with Gasteiger partial charge < -0.3 is 10.6 Å². The first-order valence-electron chi connectivity index (χ1n) is 10.5. The van der Waals surface area contributed by atoms with Gasteiger partial charge in [-0.25, -0.2) is 0 Å². The molecule has 4 nitrogen and oxygen atoms in total. The van der Waals surface area contributed by atoms with E-state index in [-0.39, 0.29) is 23.3 Å². The predicted octanol–water partition coefficient (Wildman–Crippen LogP) is 3.83. The topological polar surface area (TPSA) is 58.2 Å². The number of aryl methyl sites for hydroxylation is 1. The van der Waals surface area contributed by atoms with Crippen molar-refractivity contribution in [2.24, 2.45) is 23.7 Å². The molecule has 4 heteroatoms. The fraction of sp³-hybridized carbons (Fsp3) is 0.652. The molecular formula is C23H32N2O2. The van der Waals surface area contributed by atoms with Gasteiger partial charge in [0.05, 0.1) is 0 Å². The lowest BCUT2D eigenvalue weighted by atomic mass is 9.53. The van der Waals surface area contributed by atoms with Crippen LogP contribution in [0.5, 0.6) is 0 Å². The van der Waals surface area contributed by atoms with Crippen LogP contribution in [0.1, 0.15) is 68.3 Å². The molecule has 0 saturated heterocycles. The van der Waals surface area contributed by atoms with E-state index >= 15 is 0 Å². The maximum absolute atomic E-state index is 13.2. The average Bonchev–Trinajstić information content (AvgIpc) is 2.57. The van der Waals surface area contributed by atoms with Crippen LogP contribution in [0, 0.1) is 30.6 Å². The third kappa shape index (κ3) is 3.63. The van der Waals surface area contributed by atoms with Crippen molar-refractivity contribution >= 4 is 11.8 Å². The highest BCUT2D eigenvalue weighted by molar-refractivity contribution is 5.98. The zero-order valence-corrected chi connectivity index (χ0v) is 16.8. The summed E-state index contributed by atoms with van der Waals surface area (Å²) in [4.78, 5) is 26.0. The Bertz CT molecular complexity index is 704. The molecule has 1 atom stereocenters. The van der Waals surface area contributed by atoms with E-state index in [1.807, 2.05) is 45.0 Å². The Morgan fingerprint density at radius 3 is 2.07 bits per heavy atom. The Hall–Kier alpha value is -1.84. The lowest BCUT2D eigenvalue weighted by Gasteiger charge is -2.57. The smallest absolute Gasteiger partial charge is 0.252 e. The minimum absolute atomic E-state index is 0.00566.